The molecule has 0 heterocycles. The van der Waals surface area contributed by atoms with Crippen LogP contribution in [0.1, 0.15) is 68.9 Å². The summed E-state index contributed by atoms with van der Waals surface area (Å²) in [4.78, 5) is 0. The molecule has 132 valence electrons. The van der Waals surface area contributed by atoms with Gasteiger partial charge in [0.05, 0.1) is 0 Å². The summed E-state index contributed by atoms with van der Waals surface area (Å²) in [5.74, 6) is 3.52. The first-order valence-corrected chi connectivity index (χ1v) is 10.0. The summed E-state index contributed by atoms with van der Waals surface area (Å²) in [5.41, 5.74) is 2.22. The zero-order valence-corrected chi connectivity index (χ0v) is 15.3. The topological polar surface area (TPSA) is 0 Å². The molecule has 1 heteroatoms. The van der Waals surface area contributed by atoms with Crippen molar-refractivity contribution in [3.63, 3.8) is 0 Å². The Morgan fingerprint density at radius 2 is 1.58 bits per heavy atom. The Balaban J connectivity index is 1.41. The van der Waals surface area contributed by atoms with Crippen LogP contribution in [0.15, 0.2) is 30.9 Å². The summed E-state index contributed by atoms with van der Waals surface area (Å²) in [6.07, 6.45) is 15.7. The van der Waals surface area contributed by atoms with Crippen LogP contribution in [0, 0.1) is 36.4 Å². The molecule has 0 radical (unpaired) electrons. The molecule has 2 aliphatic carbocycles. The average molecular weight is 329 g/mol. The summed E-state index contributed by atoms with van der Waals surface area (Å²) in [7, 11) is 0. The third-order valence-corrected chi connectivity index (χ3v) is 6.65. The Bertz CT molecular complexity index is 511. The van der Waals surface area contributed by atoms with E-state index in [9.17, 15) is 4.39 Å². The van der Waals surface area contributed by atoms with Crippen LogP contribution in [0.4, 0.5) is 4.39 Å². The number of benzene rings is 1. The Labute approximate surface area is 147 Å². The molecule has 2 aliphatic rings. The highest BCUT2D eigenvalue weighted by Crippen LogP contribution is 2.42. The molecule has 24 heavy (non-hydrogen) atoms. The van der Waals surface area contributed by atoms with Gasteiger partial charge >= 0.3 is 0 Å². The van der Waals surface area contributed by atoms with Gasteiger partial charge in [0.15, 0.2) is 0 Å². The van der Waals surface area contributed by atoms with Crippen LogP contribution in [0.2, 0.25) is 0 Å². The number of aryl methyl sites for hydroxylation is 2. The number of halogens is 1. The van der Waals surface area contributed by atoms with E-state index in [1.54, 1.807) is 12.1 Å². The normalized spacial score (nSPS) is 30.9. The van der Waals surface area contributed by atoms with Crippen LogP contribution in [0.5, 0.6) is 0 Å². The molecule has 2 saturated carbocycles. The van der Waals surface area contributed by atoms with E-state index in [-0.39, 0.29) is 5.82 Å². The molecule has 0 unspecified atom stereocenters. The van der Waals surface area contributed by atoms with Crippen LogP contribution in [0.25, 0.3) is 0 Å². The van der Waals surface area contributed by atoms with Gasteiger partial charge in [0.1, 0.15) is 5.82 Å². The van der Waals surface area contributed by atoms with Crippen molar-refractivity contribution in [1.29, 1.82) is 0 Å². The molecular weight excluding hydrogens is 295 g/mol. The second kappa shape index (κ2) is 8.32. The number of hydrogen-bond acceptors (Lipinski definition) is 0. The average Bonchev–Trinajstić information content (AvgIpc) is 2.60. The van der Waals surface area contributed by atoms with Crippen LogP contribution in [0.3, 0.4) is 0 Å². The summed E-state index contributed by atoms with van der Waals surface area (Å²) >= 11 is 0. The fraction of sp³-hybridized carbons (Fsp3) is 0.652. The Kier molecular flexibility index (Phi) is 6.14. The third kappa shape index (κ3) is 4.71. The lowest BCUT2D eigenvalue weighted by Crippen LogP contribution is -2.25. The minimum absolute atomic E-state index is 0.0798. The van der Waals surface area contributed by atoms with Gasteiger partial charge in [-0.15, -0.1) is 6.58 Å². The number of rotatable bonds is 5. The Morgan fingerprint density at radius 3 is 2.17 bits per heavy atom. The molecule has 0 aromatic heterocycles. The van der Waals surface area contributed by atoms with E-state index >= 15 is 0 Å². The molecule has 2 fully saturated rings. The number of hydrogen-bond donors (Lipinski definition) is 0. The standard InChI is InChI=1S/C23H33F/c1-3-18-6-10-21(11-7-18)22-12-8-19(9-13-22)4-5-20-14-17(2)15-23(24)16-20/h3,14-16,18-19,21-22H,1,4-13H2,2H3. The maximum atomic E-state index is 13.5. The zero-order chi connectivity index (χ0) is 16.9. The van der Waals surface area contributed by atoms with Crippen LogP contribution >= 0.6 is 0 Å². The molecule has 0 saturated heterocycles. The van der Waals surface area contributed by atoms with Crippen LogP contribution in [-0.2, 0) is 6.42 Å². The summed E-state index contributed by atoms with van der Waals surface area (Å²) < 4.78 is 13.5. The predicted octanol–water partition coefficient (Wildman–Crippen LogP) is 6.87. The van der Waals surface area contributed by atoms with E-state index in [4.69, 9.17) is 0 Å². The monoisotopic (exact) mass is 328 g/mol. The first-order chi connectivity index (χ1) is 11.6. The lowest BCUT2D eigenvalue weighted by atomic mass is 9.68. The van der Waals surface area contributed by atoms with Gasteiger partial charge in [-0.05, 0) is 105 Å². The molecule has 0 spiro atoms. The Morgan fingerprint density at radius 1 is 0.958 bits per heavy atom. The maximum absolute atomic E-state index is 13.5. The van der Waals surface area contributed by atoms with Gasteiger partial charge in [0.25, 0.3) is 0 Å². The van der Waals surface area contributed by atoms with Crippen molar-refractivity contribution in [2.24, 2.45) is 23.7 Å². The van der Waals surface area contributed by atoms with E-state index in [1.165, 1.54) is 63.4 Å². The highest BCUT2D eigenvalue weighted by atomic mass is 19.1. The molecule has 0 amide bonds. The van der Waals surface area contributed by atoms with E-state index in [0.29, 0.717) is 0 Å². The van der Waals surface area contributed by atoms with E-state index in [2.05, 4.69) is 18.7 Å². The van der Waals surface area contributed by atoms with Gasteiger partial charge in [0.2, 0.25) is 0 Å². The van der Waals surface area contributed by atoms with Gasteiger partial charge in [-0.1, -0.05) is 25.0 Å². The van der Waals surface area contributed by atoms with Gasteiger partial charge in [-0.3, -0.25) is 0 Å². The van der Waals surface area contributed by atoms with E-state index in [1.807, 2.05) is 6.92 Å². The fourth-order valence-corrected chi connectivity index (χ4v) is 5.13. The van der Waals surface area contributed by atoms with Crippen LogP contribution in [-0.4, -0.2) is 0 Å². The molecule has 3 rings (SSSR count). The third-order valence-electron chi connectivity index (χ3n) is 6.65. The molecule has 0 atom stereocenters. The van der Waals surface area contributed by atoms with Gasteiger partial charge < -0.3 is 0 Å². The molecular formula is C23H33F. The quantitative estimate of drug-likeness (QED) is 0.518. The predicted molar refractivity (Wildman–Crippen MR) is 101 cm³/mol. The summed E-state index contributed by atoms with van der Waals surface area (Å²) in [6.45, 7) is 5.95. The van der Waals surface area contributed by atoms with Crippen molar-refractivity contribution in [2.45, 2.75) is 71.1 Å². The molecule has 0 nitrogen and oxygen atoms in total. The van der Waals surface area contributed by atoms with E-state index in [0.717, 1.165) is 35.7 Å². The molecule has 0 N–H and O–H groups in total. The highest BCUT2D eigenvalue weighted by Gasteiger charge is 2.30. The Hall–Kier alpha value is -1.11. The fourth-order valence-electron chi connectivity index (χ4n) is 5.13. The van der Waals surface area contributed by atoms with Gasteiger partial charge in [0, 0.05) is 0 Å². The minimum Gasteiger partial charge on any atom is -0.207 e. The minimum atomic E-state index is -0.0798. The van der Waals surface area contributed by atoms with Crippen molar-refractivity contribution in [3.05, 3.63) is 47.8 Å². The van der Waals surface area contributed by atoms with Crippen molar-refractivity contribution in [2.75, 3.05) is 0 Å². The molecule has 1 aromatic carbocycles. The molecule has 0 bridgehead atoms. The van der Waals surface area contributed by atoms with Crippen molar-refractivity contribution in [3.8, 4) is 0 Å². The first kappa shape index (κ1) is 17.7. The lowest BCUT2D eigenvalue weighted by Gasteiger charge is -2.37. The van der Waals surface area contributed by atoms with Crippen molar-refractivity contribution in [1.82, 2.24) is 0 Å². The highest BCUT2D eigenvalue weighted by molar-refractivity contribution is 5.23. The maximum Gasteiger partial charge on any atom is 0.123 e. The largest absolute Gasteiger partial charge is 0.207 e. The molecule has 1 aromatic rings. The van der Waals surface area contributed by atoms with Gasteiger partial charge in [-0.25, -0.2) is 4.39 Å². The van der Waals surface area contributed by atoms with Crippen LogP contribution < -0.4 is 0 Å². The second-order valence-corrected chi connectivity index (χ2v) is 8.37. The SMILES string of the molecule is C=CC1CCC(C2CCC(CCc3cc(C)cc(F)c3)CC2)CC1. The zero-order valence-electron chi connectivity index (χ0n) is 15.3. The summed E-state index contributed by atoms with van der Waals surface area (Å²) in [6, 6.07) is 5.49. The lowest BCUT2D eigenvalue weighted by molar-refractivity contribution is 0.153. The van der Waals surface area contributed by atoms with Crippen molar-refractivity contribution < 1.29 is 4.39 Å². The van der Waals surface area contributed by atoms with Gasteiger partial charge in [-0.2, -0.15) is 0 Å². The smallest absolute Gasteiger partial charge is 0.123 e. The molecule has 0 aliphatic heterocycles. The summed E-state index contributed by atoms with van der Waals surface area (Å²) in [5, 5.41) is 0. The van der Waals surface area contributed by atoms with Crippen molar-refractivity contribution >= 4 is 0 Å². The second-order valence-electron chi connectivity index (χ2n) is 8.37. The first-order valence-electron chi connectivity index (χ1n) is 10.0. The van der Waals surface area contributed by atoms with E-state index < -0.39 is 0 Å². The number of allylic oxidation sites excluding steroid dienone is 1.